The van der Waals surface area contributed by atoms with E-state index in [9.17, 15) is 0 Å². The lowest BCUT2D eigenvalue weighted by Crippen LogP contribution is -2.04. The summed E-state index contributed by atoms with van der Waals surface area (Å²) in [4.78, 5) is 0. The van der Waals surface area contributed by atoms with Gasteiger partial charge in [0, 0.05) is 11.0 Å². The Bertz CT molecular complexity index is 269. The molecule has 0 aliphatic heterocycles. The predicted octanol–water partition coefficient (Wildman–Crippen LogP) is 1.38. The van der Waals surface area contributed by atoms with Gasteiger partial charge in [0.05, 0.1) is 0 Å². The van der Waals surface area contributed by atoms with Gasteiger partial charge in [-0.15, -0.1) is 10.2 Å². The number of nitrogens with two attached hydrogens (primary N) is 1. The van der Waals surface area contributed by atoms with Gasteiger partial charge in [0.25, 0.3) is 0 Å². The molecular weight excluding hydrogens is 220 g/mol. The Balaban J connectivity index is 2.53. The van der Waals surface area contributed by atoms with Gasteiger partial charge in [-0.2, -0.15) is 0 Å². The third kappa shape index (κ3) is 2.87. The second-order valence-electron chi connectivity index (χ2n) is 2.21. The van der Waals surface area contributed by atoms with Crippen LogP contribution in [0.3, 0.4) is 0 Å². The number of anilines is 2. The largest absolute Gasteiger partial charge is 0.382 e. The SMILES string of the molecule is C=C(Br)CNc1ccc(N)nn1. The molecule has 1 heterocycles. The Labute approximate surface area is 79.0 Å². The lowest BCUT2D eigenvalue weighted by molar-refractivity contribution is 1.03. The van der Waals surface area contributed by atoms with Crippen LogP contribution in [-0.2, 0) is 0 Å². The maximum Gasteiger partial charge on any atom is 0.149 e. The fourth-order valence-corrected chi connectivity index (χ4v) is 0.764. The zero-order valence-electron chi connectivity index (χ0n) is 6.42. The molecular formula is C7H9BrN4. The molecule has 0 fully saturated rings. The second-order valence-corrected chi connectivity index (χ2v) is 3.34. The quantitative estimate of drug-likeness (QED) is 0.821. The highest BCUT2D eigenvalue weighted by molar-refractivity contribution is 9.11. The first-order valence-electron chi connectivity index (χ1n) is 3.35. The lowest BCUT2D eigenvalue weighted by Gasteiger charge is -2.02. The monoisotopic (exact) mass is 228 g/mol. The van der Waals surface area contributed by atoms with E-state index in [1.807, 2.05) is 0 Å². The number of hydrogen-bond donors (Lipinski definition) is 2. The smallest absolute Gasteiger partial charge is 0.149 e. The lowest BCUT2D eigenvalue weighted by atomic mass is 10.5. The zero-order valence-corrected chi connectivity index (χ0v) is 8.00. The van der Waals surface area contributed by atoms with Crippen molar-refractivity contribution in [3.05, 3.63) is 23.2 Å². The molecule has 0 aliphatic rings. The molecule has 0 aromatic carbocycles. The van der Waals surface area contributed by atoms with Crippen molar-refractivity contribution < 1.29 is 0 Å². The highest BCUT2D eigenvalue weighted by Gasteiger charge is 1.93. The molecule has 1 aromatic heterocycles. The minimum atomic E-state index is 0.415. The van der Waals surface area contributed by atoms with E-state index in [0.29, 0.717) is 18.2 Å². The van der Waals surface area contributed by atoms with Crippen molar-refractivity contribution in [1.29, 1.82) is 0 Å². The highest BCUT2D eigenvalue weighted by Crippen LogP contribution is 2.05. The van der Waals surface area contributed by atoms with Gasteiger partial charge < -0.3 is 11.1 Å². The fraction of sp³-hybridized carbons (Fsp3) is 0.143. The summed E-state index contributed by atoms with van der Waals surface area (Å²) in [6.45, 7) is 4.29. The summed E-state index contributed by atoms with van der Waals surface area (Å²) in [5, 5.41) is 10.5. The minimum absolute atomic E-state index is 0.415. The van der Waals surface area contributed by atoms with Crippen molar-refractivity contribution in [2.45, 2.75) is 0 Å². The Morgan fingerprint density at radius 2 is 2.33 bits per heavy atom. The summed E-state index contributed by atoms with van der Waals surface area (Å²) in [5.41, 5.74) is 5.35. The Hall–Kier alpha value is -1.10. The normalized spacial score (nSPS) is 9.42. The third-order valence-electron chi connectivity index (χ3n) is 1.15. The van der Waals surface area contributed by atoms with Crippen molar-refractivity contribution in [3.63, 3.8) is 0 Å². The molecule has 3 N–H and O–H groups in total. The van der Waals surface area contributed by atoms with Gasteiger partial charge in [-0.1, -0.05) is 22.5 Å². The van der Waals surface area contributed by atoms with E-state index in [-0.39, 0.29) is 0 Å². The van der Waals surface area contributed by atoms with E-state index < -0.39 is 0 Å². The van der Waals surface area contributed by atoms with E-state index in [2.05, 4.69) is 38.0 Å². The van der Waals surface area contributed by atoms with E-state index in [1.165, 1.54) is 0 Å². The van der Waals surface area contributed by atoms with Gasteiger partial charge >= 0.3 is 0 Å². The van der Waals surface area contributed by atoms with Crippen LogP contribution in [0.4, 0.5) is 11.6 Å². The van der Waals surface area contributed by atoms with Gasteiger partial charge in [0.2, 0.25) is 0 Å². The number of nitrogens with one attached hydrogen (secondary N) is 1. The van der Waals surface area contributed by atoms with Gasteiger partial charge in [0.1, 0.15) is 11.6 Å². The molecule has 4 nitrogen and oxygen atoms in total. The molecule has 64 valence electrons. The maximum atomic E-state index is 5.35. The first-order chi connectivity index (χ1) is 5.68. The van der Waals surface area contributed by atoms with Gasteiger partial charge in [-0.3, -0.25) is 0 Å². The van der Waals surface area contributed by atoms with E-state index in [0.717, 1.165) is 4.48 Å². The number of halogens is 1. The van der Waals surface area contributed by atoms with Crippen molar-refractivity contribution in [2.75, 3.05) is 17.6 Å². The molecule has 0 unspecified atom stereocenters. The standard InChI is InChI=1S/C7H9BrN4/c1-5(8)4-10-7-3-2-6(9)11-12-7/h2-3H,1,4H2,(H2,9,11)(H,10,12). The minimum Gasteiger partial charge on any atom is -0.382 e. The van der Waals surface area contributed by atoms with Crippen LogP contribution in [-0.4, -0.2) is 16.7 Å². The first kappa shape index (κ1) is 8.99. The third-order valence-corrected chi connectivity index (χ3v) is 1.43. The molecule has 12 heavy (non-hydrogen) atoms. The highest BCUT2D eigenvalue weighted by atomic mass is 79.9. The van der Waals surface area contributed by atoms with Crippen molar-refractivity contribution in [3.8, 4) is 0 Å². The van der Waals surface area contributed by atoms with Crippen LogP contribution in [0.25, 0.3) is 0 Å². The molecule has 0 radical (unpaired) electrons. The number of nitrogen functional groups attached to an aromatic ring is 1. The average molecular weight is 229 g/mol. The van der Waals surface area contributed by atoms with Crippen molar-refractivity contribution in [2.24, 2.45) is 0 Å². The van der Waals surface area contributed by atoms with Gasteiger partial charge in [-0.05, 0) is 12.1 Å². The Kier molecular flexibility index (Phi) is 3.04. The van der Waals surface area contributed by atoms with Crippen molar-refractivity contribution in [1.82, 2.24) is 10.2 Å². The van der Waals surface area contributed by atoms with Crippen LogP contribution < -0.4 is 11.1 Å². The van der Waals surface area contributed by atoms with E-state index in [4.69, 9.17) is 5.73 Å². The average Bonchev–Trinajstić information content (AvgIpc) is 2.03. The molecule has 1 aromatic rings. The van der Waals surface area contributed by atoms with Crippen LogP contribution in [0.15, 0.2) is 23.2 Å². The topological polar surface area (TPSA) is 63.8 Å². The summed E-state index contributed by atoms with van der Waals surface area (Å²) in [5.74, 6) is 1.10. The number of aromatic nitrogens is 2. The predicted molar refractivity (Wildman–Crippen MR) is 53.0 cm³/mol. The summed E-state index contributed by atoms with van der Waals surface area (Å²) in [6, 6.07) is 3.45. The van der Waals surface area contributed by atoms with Crippen LogP contribution in [0.2, 0.25) is 0 Å². The fourth-order valence-electron chi connectivity index (χ4n) is 0.623. The van der Waals surface area contributed by atoms with Crippen LogP contribution in [0.5, 0.6) is 0 Å². The van der Waals surface area contributed by atoms with E-state index >= 15 is 0 Å². The van der Waals surface area contributed by atoms with Crippen LogP contribution in [0.1, 0.15) is 0 Å². The van der Waals surface area contributed by atoms with E-state index in [1.54, 1.807) is 12.1 Å². The summed E-state index contributed by atoms with van der Waals surface area (Å²) < 4.78 is 0.862. The summed E-state index contributed by atoms with van der Waals surface area (Å²) in [6.07, 6.45) is 0. The Morgan fingerprint density at radius 1 is 1.58 bits per heavy atom. The number of hydrogen-bond acceptors (Lipinski definition) is 4. The first-order valence-corrected chi connectivity index (χ1v) is 4.14. The molecule has 1 rings (SSSR count). The summed E-state index contributed by atoms with van der Waals surface area (Å²) in [7, 11) is 0. The number of nitrogens with zero attached hydrogens (tertiary/aromatic N) is 2. The molecule has 5 heteroatoms. The number of rotatable bonds is 3. The maximum absolute atomic E-state index is 5.35. The summed E-state index contributed by atoms with van der Waals surface area (Å²) >= 11 is 3.22. The van der Waals surface area contributed by atoms with Crippen LogP contribution in [0, 0.1) is 0 Å². The molecule has 0 saturated heterocycles. The second kappa shape index (κ2) is 4.06. The molecule has 0 bridgehead atoms. The molecule has 0 saturated carbocycles. The Morgan fingerprint density at radius 3 is 2.83 bits per heavy atom. The molecule has 0 spiro atoms. The van der Waals surface area contributed by atoms with Gasteiger partial charge in [-0.25, -0.2) is 0 Å². The zero-order chi connectivity index (χ0) is 8.97. The molecule has 0 aliphatic carbocycles. The van der Waals surface area contributed by atoms with Crippen molar-refractivity contribution >= 4 is 27.6 Å². The van der Waals surface area contributed by atoms with Gasteiger partial charge in [0.15, 0.2) is 0 Å². The molecule has 0 amide bonds. The van der Waals surface area contributed by atoms with Crippen LogP contribution >= 0.6 is 15.9 Å². The molecule has 0 atom stereocenters.